The number of esters is 1. The maximum atomic E-state index is 13.6. The summed E-state index contributed by atoms with van der Waals surface area (Å²) in [5.74, 6) is -19.3. The first kappa shape index (κ1) is 25.9. The Hall–Kier alpha value is -2.13. The minimum Gasteiger partial charge on any atom is -0.468 e. The fourth-order valence-electron chi connectivity index (χ4n) is 2.08. The summed E-state index contributed by atoms with van der Waals surface area (Å²) < 4.78 is 151. The van der Waals surface area contributed by atoms with Crippen molar-refractivity contribution in [2.24, 2.45) is 5.92 Å². The molecule has 0 N–H and O–H groups in total. The Morgan fingerprint density at radius 1 is 1.00 bits per heavy atom. The van der Waals surface area contributed by atoms with Crippen LogP contribution in [0.2, 0.25) is 0 Å². The topological polar surface area (TPSA) is 82.8 Å². The van der Waals surface area contributed by atoms with Crippen LogP contribution in [-0.4, -0.2) is 44.8 Å². The molecule has 0 saturated carbocycles. The van der Waals surface area contributed by atoms with E-state index in [0.717, 1.165) is 7.11 Å². The smallest absolute Gasteiger partial charge is 0.460 e. The van der Waals surface area contributed by atoms with Crippen molar-refractivity contribution < 1.29 is 66.1 Å². The summed E-state index contributed by atoms with van der Waals surface area (Å²) in [6.45, 7) is 2.91. The molecular formula is C14H13F9O6S. The van der Waals surface area contributed by atoms with Gasteiger partial charge in [0.2, 0.25) is 0 Å². The zero-order valence-electron chi connectivity index (χ0n) is 15.1. The number of methoxy groups -OCH3 is 1. The minimum atomic E-state index is -7.43. The van der Waals surface area contributed by atoms with Gasteiger partial charge in [0, 0.05) is 6.07 Å². The predicted octanol–water partition coefficient (Wildman–Crippen LogP) is 4.33. The van der Waals surface area contributed by atoms with Gasteiger partial charge in [-0.3, -0.25) is 4.79 Å². The molecule has 0 bridgehead atoms. The van der Waals surface area contributed by atoms with Crippen molar-refractivity contribution in [2.75, 3.05) is 7.11 Å². The number of carbonyl (C=O) groups excluding carboxylic acids is 1. The van der Waals surface area contributed by atoms with Crippen LogP contribution in [0.5, 0.6) is 5.75 Å². The molecule has 0 saturated heterocycles. The lowest BCUT2D eigenvalue weighted by molar-refractivity contribution is -0.382. The first-order valence-corrected chi connectivity index (χ1v) is 8.96. The van der Waals surface area contributed by atoms with Gasteiger partial charge < -0.3 is 13.3 Å². The Balaban J connectivity index is 3.32. The van der Waals surface area contributed by atoms with Gasteiger partial charge in [0.25, 0.3) is 0 Å². The quantitative estimate of drug-likeness (QED) is 0.313. The van der Waals surface area contributed by atoms with Crippen LogP contribution < -0.4 is 4.18 Å². The predicted molar refractivity (Wildman–Crippen MR) is 78.7 cm³/mol. The fourth-order valence-corrected chi connectivity index (χ4v) is 2.97. The summed E-state index contributed by atoms with van der Waals surface area (Å²) in [7, 11) is -6.15. The van der Waals surface area contributed by atoms with Gasteiger partial charge in [-0.1, -0.05) is 13.8 Å². The molecule has 1 aromatic rings. The van der Waals surface area contributed by atoms with E-state index < -0.39 is 62.7 Å². The summed E-state index contributed by atoms with van der Waals surface area (Å²) in [5, 5.41) is -7.02. The van der Waals surface area contributed by atoms with E-state index in [4.69, 9.17) is 4.42 Å². The molecule has 6 nitrogen and oxygen atoms in total. The largest absolute Gasteiger partial charge is 0.468 e. The van der Waals surface area contributed by atoms with E-state index in [2.05, 4.69) is 8.92 Å². The Morgan fingerprint density at radius 3 is 1.90 bits per heavy atom. The lowest BCUT2D eigenvalue weighted by Gasteiger charge is -2.32. The van der Waals surface area contributed by atoms with Gasteiger partial charge in [-0.2, -0.15) is 47.9 Å². The molecule has 16 heteroatoms. The Morgan fingerprint density at radius 2 is 1.50 bits per heavy atom. The molecule has 0 aromatic carbocycles. The summed E-state index contributed by atoms with van der Waals surface area (Å²) in [4.78, 5) is 11.7. The number of hydrogen-bond acceptors (Lipinski definition) is 6. The monoisotopic (exact) mass is 480 g/mol. The van der Waals surface area contributed by atoms with E-state index >= 15 is 0 Å². The first-order chi connectivity index (χ1) is 13.2. The number of hydrogen-bond donors (Lipinski definition) is 0. The standard InChI is InChI=1S/C14H13F9O6S/c1-6(2)9(10(24)27-3)8-4-7(5-28-8)29-30(25,26)14(22,23)12(17,18)11(15,16)13(19,20)21/h4-6,9H,1-3H3. The van der Waals surface area contributed by atoms with Gasteiger partial charge in [0.05, 0.1) is 7.11 Å². The third-order valence-electron chi connectivity index (χ3n) is 3.66. The van der Waals surface area contributed by atoms with Gasteiger partial charge in [-0.15, -0.1) is 0 Å². The molecule has 0 radical (unpaired) electrons. The van der Waals surface area contributed by atoms with Crippen molar-refractivity contribution >= 4 is 16.1 Å². The van der Waals surface area contributed by atoms with Crippen molar-refractivity contribution in [3.63, 3.8) is 0 Å². The molecule has 0 spiro atoms. The van der Waals surface area contributed by atoms with Gasteiger partial charge in [-0.05, 0) is 5.92 Å². The SMILES string of the molecule is COC(=O)C(c1cc(OS(=O)(=O)C(F)(F)C(F)(F)C(F)(F)C(F)(F)F)co1)C(C)C. The van der Waals surface area contributed by atoms with Crippen LogP contribution in [0.4, 0.5) is 39.5 Å². The van der Waals surface area contributed by atoms with Crippen LogP contribution in [0.25, 0.3) is 0 Å². The number of alkyl halides is 9. The Bertz CT molecular complexity index is 873. The molecule has 30 heavy (non-hydrogen) atoms. The van der Waals surface area contributed by atoms with Gasteiger partial charge in [0.1, 0.15) is 17.9 Å². The van der Waals surface area contributed by atoms with Crippen LogP contribution in [-0.2, 0) is 19.6 Å². The number of furan rings is 1. The van der Waals surface area contributed by atoms with Crippen molar-refractivity contribution in [2.45, 2.75) is 43.0 Å². The third kappa shape index (κ3) is 4.18. The second-order valence-electron chi connectivity index (χ2n) is 6.13. The second kappa shape index (κ2) is 7.85. The second-order valence-corrected chi connectivity index (χ2v) is 7.72. The van der Waals surface area contributed by atoms with E-state index in [-0.39, 0.29) is 6.26 Å². The third-order valence-corrected chi connectivity index (χ3v) is 4.96. The highest BCUT2D eigenvalue weighted by Gasteiger charge is 2.86. The van der Waals surface area contributed by atoms with Crippen LogP contribution in [0.1, 0.15) is 25.5 Å². The van der Waals surface area contributed by atoms with Gasteiger partial charge >= 0.3 is 39.4 Å². The van der Waals surface area contributed by atoms with E-state index in [0.29, 0.717) is 6.07 Å². The van der Waals surface area contributed by atoms with Crippen molar-refractivity contribution in [3.8, 4) is 5.75 Å². The maximum absolute atomic E-state index is 13.6. The molecule has 1 unspecified atom stereocenters. The molecule has 0 aliphatic carbocycles. The number of ether oxygens (including phenoxy) is 1. The summed E-state index contributed by atoms with van der Waals surface area (Å²) in [6, 6.07) is 0.468. The van der Waals surface area contributed by atoms with Crippen LogP contribution in [0, 0.1) is 5.92 Å². The van der Waals surface area contributed by atoms with Crippen molar-refractivity contribution in [1.82, 2.24) is 0 Å². The fraction of sp³-hybridized carbons (Fsp3) is 0.643. The van der Waals surface area contributed by atoms with Crippen LogP contribution in [0.15, 0.2) is 16.7 Å². The molecule has 1 heterocycles. The molecular weight excluding hydrogens is 467 g/mol. The first-order valence-electron chi connectivity index (χ1n) is 7.55. The highest BCUT2D eigenvalue weighted by molar-refractivity contribution is 7.88. The zero-order valence-corrected chi connectivity index (χ0v) is 15.9. The number of halogens is 9. The maximum Gasteiger partial charge on any atom is 0.460 e. The molecule has 1 atom stereocenters. The molecule has 0 amide bonds. The van der Waals surface area contributed by atoms with Gasteiger partial charge in [-0.25, -0.2) is 0 Å². The van der Waals surface area contributed by atoms with Crippen molar-refractivity contribution in [1.29, 1.82) is 0 Å². The molecule has 1 rings (SSSR count). The minimum absolute atomic E-state index is 0.237. The van der Waals surface area contributed by atoms with Crippen molar-refractivity contribution in [3.05, 3.63) is 18.1 Å². The summed E-state index contributed by atoms with van der Waals surface area (Å²) in [6.07, 6.45) is -6.97. The molecule has 0 fully saturated rings. The number of carbonyl (C=O) groups is 1. The van der Waals surface area contributed by atoms with Crippen LogP contribution >= 0.6 is 0 Å². The van der Waals surface area contributed by atoms with E-state index in [9.17, 15) is 52.7 Å². The van der Waals surface area contributed by atoms with Gasteiger partial charge in [0.15, 0.2) is 5.75 Å². The molecule has 0 aliphatic heterocycles. The highest BCUT2D eigenvalue weighted by Crippen LogP contribution is 2.55. The zero-order chi connectivity index (χ0) is 23.9. The van der Waals surface area contributed by atoms with Crippen LogP contribution in [0.3, 0.4) is 0 Å². The summed E-state index contributed by atoms with van der Waals surface area (Å²) in [5.41, 5.74) is 0. The van der Waals surface area contributed by atoms with E-state index in [1.54, 1.807) is 0 Å². The molecule has 1 aromatic heterocycles. The highest BCUT2D eigenvalue weighted by atomic mass is 32.2. The number of rotatable bonds is 8. The Kier molecular flexibility index (Phi) is 6.78. The normalized spacial score (nSPS) is 15.2. The Labute approximate surface area is 163 Å². The summed E-state index contributed by atoms with van der Waals surface area (Å²) >= 11 is 0. The van der Waals surface area contributed by atoms with E-state index in [1.165, 1.54) is 13.8 Å². The lowest BCUT2D eigenvalue weighted by Crippen LogP contribution is -2.63. The molecule has 174 valence electrons. The van der Waals surface area contributed by atoms with E-state index in [1.807, 2.05) is 0 Å². The lowest BCUT2D eigenvalue weighted by atomic mass is 9.93. The average Bonchev–Trinajstić information content (AvgIpc) is 2.99. The average molecular weight is 480 g/mol. The molecule has 0 aliphatic rings.